The van der Waals surface area contributed by atoms with Crippen molar-refractivity contribution < 1.29 is 8.42 Å². The number of piperidine rings is 1. The predicted molar refractivity (Wildman–Crippen MR) is 75.9 cm³/mol. The molecule has 0 spiro atoms. The zero-order chi connectivity index (χ0) is 13.2. The molecule has 0 aliphatic carbocycles. The van der Waals surface area contributed by atoms with Crippen LogP contribution in [0.3, 0.4) is 0 Å². The largest absolute Gasteiger partial charge is 0.252 e. The van der Waals surface area contributed by atoms with Gasteiger partial charge in [-0.15, -0.1) is 22.9 Å². The van der Waals surface area contributed by atoms with E-state index in [2.05, 4.69) is 0 Å². The van der Waals surface area contributed by atoms with Gasteiger partial charge in [-0.05, 0) is 37.3 Å². The number of halogens is 1. The number of rotatable bonds is 4. The smallest absolute Gasteiger partial charge is 0.206 e. The summed E-state index contributed by atoms with van der Waals surface area (Å²) in [6.45, 7) is 3.23. The highest BCUT2D eigenvalue weighted by Gasteiger charge is 2.29. The summed E-state index contributed by atoms with van der Waals surface area (Å²) in [5.41, 5.74) is 0. The third-order valence-corrected chi connectivity index (χ3v) is 7.40. The number of alkyl halides is 1. The Hall–Kier alpha value is -0.100. The molecule has 1 aliphatic rings. The maximum Gasteiger partial charge on any atom is 0.252 e. The Morgan fingerprint density at radius 2 is 2.06 bits per heavy atom. The lowest BCUT2D eigenvalue weighted by molar-refractivity contribution is 0.290. The predicted octanol–water partition coefficient (Wildman–Crippen LogP) is 2.95. The fraction of sp³-hybridized carbons (Fsp3) is 0.667. The Morgan fingerprint density at radius 1 is 1.39 bits per heavy atom. The molecule has 1 aromatic rings. The van der Waals surface area contributed by atoms with Crippen molar-refractivity contribution >= 4 is 33.0 Å². The zero-order valence-electron chi connectivity index (χ0n) is 10.4. The third kappa shape index (κ3) is 2.90. The maximum atomic E-state index is 12.4. The summed E-state index contributed by atoms with van der Waals surface area (Å²) in [4.78, 5) is 1.12. The number of thiophene rings is 1. The summed E-state index contributed by atoms with van der Waals surface area (Å²) >= 11 is 7.20. The van der Waals surface area contributed by atoms with Gasteiger partial charge in [0.2, 0.25) is 0 Å². The second-order valence-corrected chi connectivity index (χ2v) is 8.22. The van der Waals surface area contributed by atoms with Gasteiger partial charge in [0.1, 0.15) is 4.21 Å². The van der Waals surface area contributed by atoms with Crippen molar-refractivity contribution in [2.24, 2.45) is 5.92 Å². The zero-order valence-corrected chi connectivity index (χ0v) is 12.8. The Bertz CT molecular complexity index is 490. The molecule has 0 bridgehead atoms. The third-order valence-electron chi connectivity index (χ3n) is 3.37. The van der Waals surface area contributed by atoms with Gasteiger partial charge in [-0.3, -0.25) is 0 Å². The minimum absolute atomic E-state index is 0.465. The fourth-order valence-electron chi connectivity index (χ4n) is 2.12. The average molecular weight is 308 g/mol. The molecule has 1 saturated heterocycles. The Balaban J connectivity index is 2.12. The number of hydrogen-bond donors (Lipinski definition) is 0. The normalized spacial score (nSPS) is 19.2. The molecule has 1 aromatic heterocycles. The van der Waals surface area contributed by atoms with Crippen molar-refractivity contribution in [1.82, 2.24) is 4.31 Å². The van der Waals surface area contributed by atoms with Crippen LogP contribution in [0.4, 0.5) is 0 Å². The van der Waals surface area contributed by atoms with Crippen LogP contribution in [0.1, 0.15) is 24.6 Å². The van der Waals surface area contributed by atoms with Gasteiger partial charge in [0.15, 0.2) is 0 Å². The van der Waals surface area contributed by atoms with Crippen molar-refractivity contribution in [3.63, 3.8) is 0 Å². The second kappa shape index (κ2) is 5.90. The summed E-state index contributed by atoms with van der Waals surface area (Å²) in [6.07, 6.45) is 2.62. The summed E-state index contributed by atoms with van der Waals surface area (Å²) in [5.74, 6) is 1.10. The second-order valence-electron chi connectivity index (χ2n) is 4.58. The summed E-state index contributed by atoms with van der Waals surface area (Å²) in [5, 5.41) is 0. The number of nitrogens with zero attached hydrogens (tertiary/aromatic N) is 1. The lowest BCUT2D eigenvalue weighted by Crippen LogP contribution is -2.38. The molecule has 2 rings (SSSR count). The van der Waals surface area contributed by atoms with Crippen LogP contribution in [0.15, 0.2) is 16.3 Å². The molecule has 0 N–H and O–H groups in total. The molecule has 6 heteroatoms. The lowest BCUT2D eigenvalue weighted by Gasteiger charge is -2.29. The van der Waals surface area contributed by atoms with Crippen LogP contribution in [-0.4, -0.2) is 31.7 Å². The van der Waals surface area contributed by atoms with Gasteiger partial charge in [-0.25, -0.2) is 8.42 Å². The molecular weight excluding hydrogens is 290 g/mol. The van der Waals surface area contributed by atoms with E-state index in [0.717, 1.165) is 24.1 Å². The van der Waals surface area contributed by atoms with E-state index in [-0.39, 0.29) is 0 Å². The molecule has 0 aromatic carbocycles. The quantitative estimate of drug-likeness (QED) is 0.802. The first-order chi connectivity index (χ1) is 8.57. The van der Waals surface area contributed by atoms with Gasteiger partial charge in [-0.1, -0.05) is 6.92 Å². The standard InChI is InChI=1S/C12H18ClNO2S2/c1-2-11-3-4-12(17-11)18(15,16)14-7-5-10(9-13)6-8-14/h3-4,10H,2,5-9H2,1H3. The molecule has 1 fully saturated rings. The first kappa shape index (κ1) is 14.3. The minimum atomic E-state index is -3.27. The molecule has 18 heavy (non-hydrogen) atoms. The van der Waals surface area contributed by atoms with Crippen molar-refractivity contribution in [2.45, 2.75) is 30.4 Å². The van der Waals surface area contributed by atoms with Crippen LogP contribution in [0, 0.1) is 5.92 Å². The highest BCUT2D eigenvalue weighted by Crippen LogP contribution is 2.28. The summed E-state index contributed by atoms with van der Waals surface area (Å²) < 4.78 is 26.9. The number of hydrogen-bond acceptors (Lipinski definition) is 3. The molecule has 1 aliphatic heterocycles. The van der Waals surface area contributed by atoms with Gasteiger partial charge in [0.25, 0.3) is 10.0 Å². The highest BCUT2D eigenvalue weighted by molar-refractivity contribution is 7.91. The topological polar surface area (TPSA) is 37.4 Å². The highest BCUT2D eigenvalue weighted by atomic mass is 35.5. The van der Waals surface area contributed by atoms with Crippen molar-refractivity contribution in [3.05, 3.63) is 17.0 Å². The fourth-order valence-corrected chi connectivity index (χ4v) is 5.35. The van der Waals surface area contributed by atoms with Crippen LogP contribution in [0.5, 0.6) is 0 Å². The van der Waals surface area contributed by atoms with Gasteiger partial charge in [0, 0.05) is 23.8 Å². The van der Waals surface area contributed by atoms with E-state index in [4.69, 9.17) is 11.6 Å². The Morgan fingerprint density at radius 3 is 2.56 bits per heavy atom. The van der Waals surface area contributed by atoms with Crippen molar-refractivity contribution in [1.29, 1.82) is 0 Å². The number of aryl methyl sites for hydroxylation is 1. The van der Waals surface area contributed by atoms with Gasteiger partial charge >= 0.3 is 0 Å². The minimum Gasteiger partial charge on any atom is -0.206 e. The maximum absolute atomic E-state index is 12.4. The van der Waals surface area contributed by atoms with Crippen molar-refractivity contribution in [3.8, 4) is 0 Å². The molecule has 0 unspecified atom stereocenters. The SMILES string of the molecule is CCc1ccc(S(=O)(=O)N2CCC(CCl)CC2)s1. The Kier molecular flexibility index (Phi) is 4.69. The molecule has 0 amide bonds. The van der Waals surface area contributed by atoms with E-state index >= 15 is 0 Å². The molecule has 3 nitrogen and oxygen atoms in total. The summed E-state index contributed by atoms with van der Waals surface area (Å²) in [6, 6.07) is 3.63. The van der Waals surface area contributed by atoms with Crippen LogP contribution in [-0.2, 0) is 16.4 Å². The van der Waals surface area contributed by atoms with Crippen LogP contribution >= 0.6 is 22.9 Å². The first-order valence-electron chi connectivity index (χ1n) is 6.22. The lowest BCUT2D eigenvalue weighted by atomic mass is 10.0. The molecule has 0 atom stereocenters. The van der Waals surface area contributed by atoms with Crippen LogP contribution in [0.2, 0.25) is 0 Å². The molecule has 0 saturated carbocycles. The van der Waals surface area contributed by atoms with Crippen LogP contribution < -0.4 is 0 Å². The van der Waals surface area contributed by atoms with E-state index < -0.39 is 10.0 Å². The van der Waals surface area contributed by atoms with Crippen molar-refractivity contribution in [2.75, 3.05) is 19.0 Å². The number of sulfonamides is 1. The molecule has 102 valence electrons. The van der Waals surface area contributed by atoms with Gasteiger partial charge in [0.05, 0.1) is 0 Å². The van der Waals surface area contributed by atoms with E-state index in [1.165, 1.54) is 11.3 Å². The van der Waals surface area contributed by atoms with E-state index in [9.17, 15) is 8.42 Å². The van der Waals surface area contributed by atoms with E-state index in [0.29, 0.717) is 29.1 Å². The van der Waals surface area contributed by atoms with E-state index in [1.807, 2.05) is 13.0 Å². The monoisotopic (exact) mass is 307 g/mol. The van der Waals surface area contributed by atoms with E-state index in [1.54, 1.807) is 10.4 Å². The summed E-state index contributed by atoms with van der Waals surface area (Å²) in [7, 11) is -3.27. The first-order valence-corrected chi connectivity index (χ1v) is 9.02. The molecule has 0 radical (unpaired) electrons. The molecular formula is C12H18ClNO2S2. The van der Waals surface area contributed by atoms with Gasteiger partial charge < -0.3 is 0 Å². The van der Waals surface area contributed by atoms with Gasteiger partial charge in [-0.2, -0.15) is 4.31 Å². The average Bonchev–Trinajstić information content (AvgIpc) is 2.88. The van der Waals surface area contributed by atoms with Crippen LogP contribution in [0.25, 0.3) is 0 Å². The molecule has 2 heterocycles. The Labute approximate surface area is 118 Å².